The van der Waals surface area contributed by atoms with E-state index in [0.717, 1.165) is 44.6 Å². The Balaban J connectivity index is 1.34. The van der Waals surface area contributed by atoms with E-state index >= 15 is 0 Å². The standard InChI is InChI=1S/C37H30N2O/c1-37(2,3)29-18-13-26(14-19-29)27-15-20-30(21-16-27)39-34-12-8-7-11-33(34)38-36(39)32-24-40-35-22-17-28(23-31(32)35)25-9-5-4-6-10-25/h4-24H,1-3H3. The van der Waals surface area contributed by atoms with E-state index in [1.165, 1.54) is 22.3 Å². The summed E-state index contributed by atoms with van der Waals surface area (Å²) in [6.45, 7) is 6.74. The van der Waals surface area contributed by atoms with Gasteiger partial charge in [0, 0.05) is 11.1 Å². The molecule has 40 heavy (non-hydrogen) atoms. The summed E-state index contributed by atoms with van der Waals surface area (Å²) < 4.78 is 8.28. The van der Waals surface area contributed by atoms with Crippen LogP contribution in [0.5, 0.6) is 0 Å². The molecule has 0 N–H and O–H groups in total. The maximum atomic E-state index is 6.04. The number of para-hydroxylation sites is 2. The molecule has 0 saturated carbocycles. The van der Waals surface area contributed by atoms with E-state index < -0.39 is 0 Å². The maximum absolute atomic E-state index is 6.04. The second-order valence-electron chi connectivity index (χ2n) is 11.4. The Hall–Kier alpha value is -4.89. The summed E-state index contributed by atoms with van der Waals surface area (Å²) in [7, 11) is 0. The molecule has 7 aromatic rings. The first-order valence-electron chi connectivity index (χ1n) is 13.7. The van der Waals surface area contributed by atoms with Gasteiger partial charge in [-0.3, -0.25) is 4.57 Å². The lowest BCUT2D eigenvalue weighted by Gasteiger charge is -2.19. The highest BCUT2D eigenvalue weighted by molar-refractivity contribution is 5.97. The summed E-state index contributed by atoms with van der Waals surface area (Å²) in [5, 5.41) is 1.05. The van der Waals surface area contributed by atoms with Gasteiger partial charge < -0.3 is 4.42 Å². The van der Waals surface area contributed by atoms with Crippen LogP contribution in [0.4, 0.5) is 0 Å². The molecule has 0 radical (unpaired) electrons. The molecule has 0 aliphatic carbocycles. The monoisotopic (exact) mass is 518 g/mol. The van der Waals surface area contributed by atoms with Crippen molar-refractivity contribution in [3.05, 3.63) is 133 Å². The summed E-state index contributed by atoms with van der Waals surface area (Å²) in [6, 6.07) is 42.8. The summed E-state index contributed by atoms with van der Waals surface area (Å²) in [5.41, 5.74) is 11.1. The number of rotatable bonds is 4. The van der Waals surface area contributed by atoms with Crippen LogP contribution in [0, 0.1) is 0 Å². The zero-order valence-electron chi connectivity index (χ0n) is 22.9. The van der Waals surface area contributed by atoms with Gasteiger partial charge in [-0.1, -0.05) is 106 Å². The zero-order valence-corrected chi connectivity index (χ0v) is 22.9. The minimum Gasteiger partial charge on any atom is -0.464 e. The Kier molecular flexibility index (Phi) is 5.67. The number of aromatic nitrogens is 2. The van der Waals surface area contributed by atoms with Crippen LogP contribution >= 0.6 is 0 Å². The van der Waals surface area contributed by atoms with E-state index in [9.17, 15) is 0 Å². The van der Waals surface area contributed by atoms with Crippen molar-refractivity contribution in [3.8, 4) is 39.3 Å². The molecule has 0 aliphatic heterocycles. The molecule has 0 spiro atoms. The van der Waals surface area contributed by atoms with E-state index in [1.807, 2.05) is 24.5 Å². The Morgan fingerprint density at radius 3 is 1.98 bits per heavy atom. The number of hydrogen-bond donors (Lipinski definition) is 0. The second-order valence-corrected chi connectivity index (χ2v) is 11.4. The molecule has 0 fully saturated rings. The Bertz CT molecular complexity index is 1950. The first-order chi connectivity index (χ1) is 19.5. The number of nitrogens with zero attached hydrogens (tertiary/aromatic N) is 2. The van der Waals surface area contributed by atoms with Gasteiger partial charge in [-0.05, 0) is 69.6 Å². The SMILES string of the molecule is CC(C)(C)c1ccc(-c2ccc(-n3c(-c4coc5ccc(-c6ccccc6)cc45)nc4ccccc43)cc2)cc1. The minimum atomic E-state index is 0.139. The molecule has 194 valence electrons. The summed E-state index contributed by atoms with van der Waals surface area (Å²) in [5.74, 6) is 0.868. The van der Waals surface area contributed by atoms with Gasteiger partial charge in [-0.15, -0.1) is 0 Å². The molecule has 0 saturated heterocycles. The Morgan fingerprint density at radius 2 is 1.25 bits per heavy atom. The zero-order chi connectivity index (χ0) is 27.3. The predicted octanol–water partition coefficient (Wildman–Crippen LogP) is 10.1. The van der Waals surface area contributed by atoms with Crippen molar-refractivity contribution in [3.63, 3.8) is 0 Å². The summed E-state index contributed by atoms with van der Waals surface area (Å²) in [4.78, 5) is 5.10. The van der Waals surface area contributed by atoms with E-state index in [-0.39, 0.29) is 5.41 Å². The molecular weight excluding hydrogens is 488 g/mol. The molecule has 0 aliphatic rings. The van der Waals surface area contributed by atoms with E-state index in [2.05, 4.69) is 128 Å². The second kappa shape index (κ2) is 9.39. The van der Waals surface area contributed by atoms with Crippen molar-refractivity contribution >= 4 is 22.0 Å². The quantitative estimate of drug-likeness (QED) is 0.232. The van der Waals surface area contributed by atoms with Gasteiger partial charge in [-0.2, -0.15) is 0 Å². The van der Waals surface area contributed by atoms with Crippen LogP contribution in [0.25, 0.3) is 61.3 Å². The van der Waals surface area contributed by atoms with E-state index in [1.54, 1.807) is 0 Å². The Morgan fingerprint density at radius 1 is 0.625 bits per heavy atom. The topological polar surface area (TPSA) is 31.0 Å². The van der Waals surface area contributed by atoms with E-state index in [0.29, 0.717) is 0 Å². The van der Waals surface area contributed by atoms with Crippen LogP contribution in [0.1, 0.15) is 26.3 Å². The third-order valence-corrected chi connectivity index (χ3v) is 7.69. The lowest BCUT2D eigenvalue weighted by atomic mass is 9.86. The molecule has 2 aromatic heterocycles. The highest BCUT2D eigenvalue weighted by Gasteiger charge is 2.19. The van der Waals surface area contributed by atoms with Crippen LogP contribution < -0.4 is 0 Å². The van der Waals surface area contributed by atoms with Crippen LogP contribution in [-0.4, -0.2) is 9.55 Å². The smallest absolute Gasteiger partial charge is 0.149 e. The van der Waals surface area contributed by atoms with Crippen molar-refractivity contribution in [1.29, 1.82) is 0 Å². The van der Waals surface area contributed by atoms with E-state index in [4.69, 9.17) is 9.40 Å². The fourth-order valence-corrected chi connectivity index (χ4v) is 5.45. The van der Waals surface area contributed by atoms with Crippen LogP contribution in [-0.2, 0) is 5.41 Å². The van der Waals surface area contributed by atoms with Gasteiger partial charge in [0.05, 0.1) is 16.6 Å². The average molecular weight is 519 g/mol. The largest absolute Gasteiger partial charge is 0.464 e. The Labute approximate surface area is 234 Å². The third kappa shape index (κ3) is 4.20. The lowest BCUT2D eigenvalue weighted by Crippen LogP contribution is -2.10. The number of fused-ring (bicyclic) bond motifs is 2. The molecular formula is C37H30N2O. The molecule has 0 unspecified atom stereocenters. The average Bonchev–Trinajstić information content (AvgIpc) is 3.58. The summed E-state index contributed by atoms with van der Waals surface area (Å²) in [6.07, 6.45) is 1.84. The minimum absolute atomic E-state index is 0.139. The number of imidazole rings is 1. The van der Waals surface area contributed by atoms with Crippen LogP contribution in [0.15, 0.2) is 132 Å². The van der Waals surface area contributed by atoms with Crippen molar-refractivity contribution in [1.82, 2.24) is 9.55 Å². The molecule has 0 amide bonds. The first-order valence-corrected chi connectivity index (χ1v) is 13.7. The number of furan rings is 1. The number of benzene rings is 5. The molecule has 0 bridgehead atoms. The lowest BCUT2D eigenvalue weighted by molar-refractivity contribution is 0.590. The van der Waals surface area contributed by atoms with Gasteiger partial charge in [0.1, 0.15) is 17.7 Å². The van der Waals surface area contributed by atoms with Gasteiger partial charge >= 0.3 is 0 Å². The van der Waals surface area contributed by atoms with Crippen molar-refractivity contribution in [2.24, 2.45) is 0 Å². The highest BCUT2D eigenvalue weighted by Crippen LogP contribution is 2.37. The molecule has 0 atom stereocenters. The highest BCUT2D eigenvalue weighted by atomic mass is 16.3. The van der Waals surface area contributed by atoms with Crippen LogP contribution in [0.2, 0.25) is 0 Å². The fourth-order valence-electron chi connectivity index (χ4n) is 5.45. The van der Waals surface area contributed by atoms with Crippen molar-refractivity contribution in [2.75, 3.05) is 0 Å². The summed E-state index contributed by atoms with van der Waals surface area (Å²) >= 11 is 0. The van der Waals surface area contributed by atoms with Crippen molar-refractivity contribution in [2.45, 2.75) is 26.2 Å². The number of hydrogen-bond acceptors (Lipinski definition) is 2. The molecule has 5 aromatic carbocycles. The first kappa shape index (κ1) is 24.2. The fraction of sp³-hybridized carbons (Fsp3) is 0.108. The predicted molar refractivity (Wildman–Crippen MR) is 166 cm³/mol. The maximum Gasteiger partial charge on any atom is 0.149 e. The molecule has 7 rings (SSSR count). The van der Waals surface area contributed by atoms with Gasteiger partial charge in [0.15, 0.2) is 0 Å². The van der Waals surface area contributed by atoms with Gasteiger partial charge in [0.25, 0.3) is 0 Å². The van der Waals surface area contributed by atoms with Crippen molar-refractivity contribution < 1.29 is 4.42 Å². The van der Waals surface area contributed by atoms with Crippen LogP contribution in [0.3, 0.4) is 0 Å². The molecule has 2 heterocycles. The third-order valence-electron chi connectivity index (χ3n) is 7.69. The normalized spacial score (nSPS) is 11.9. The molecule has 3 heteroatoms. The van der Waals surface area contributed by atoms with Gasteiger partial charge in [-0.25, -0.2) is 4.98 Å². The molecule has 3 nitrogen and oxygen atoms in total. The van der Waals surface area contributed by atoms with Gasteiger partial charge in [0.2, 0.25) is 0 Å².